The molecule has 0 radical (unpaired) electrons. The first-order chi connectivity index (χ1) is 14.3. The van der Waals surface area contributed by atoms with Gasteiger partial charge in [-0.05, 0) is 38.5 Å². The monoisotopic (exact) mass is 419 g/mol. The number of nitrogens with zero attached hydrogens (tertiary/aromatic N) is 3. The van der Waals surface area contributed by atoms with Crippen LogP contribution in [0.2, 0.25) is 0 Å². The molecule has 9 nitrogen and oxygen atoms in total. The van der Waals surface area contributed by atoms with Gasteiger partial charge in [0.1, 0.15) is 5.60 Å². The SMILES string of the molecule is CN=C(NCCN1CCN(C(=O)OC(C)(C)C)CC1)NCc1ccc2c(c1)OCO2. The van der Waals surface area contributed by atoms with E-state index in [2.05, 4.69) is 20.5 Å². The Hall–Kier alpha value is -2.68. The number of rotatable bonds is 5. The molecule has 0 spiro atoms. The van der Waals surface area contributed by atoms with Gasteiger partial charge in [0.2, 0.25) is 6.79 Å². The Morgan fingerprint density at radius 2 is 1.87 bits per heavy atom. The van der Waals surface area contributed by atoms with Gasteiger partial charge in [0.25, 0.3) is 0 Å². The van der Waals surface area contributed by atoms with Crippen molar-refractivity contribution in [3.05, 3.63) is 23.8 Å². The number of ether oxygens (including phenoxy) is 3. The lowest BCUT2D eigenvalue weighted by Crippen LogP contribution is -2.51. The molecule has 3 rings (SSSR count). The van der Waals surface area contributed by atoms with Crippen LogP contribution in [0.4, 0.5) is 4.79 Å². The largest absolute Gasteiger partial charge is 0.454 e. The highest BCUT2D eigenvalue weighted by atomic mass is 16.7. The number of carbonyl (C=O) groups excluding carboxylic acids is 1. The number of benzene rings is 1. The molecule has 2 aliphatic rings. The maximum absolute atomic E-state index is 12.1. The van der Waals surface area contributed by atoms with Gasteiger partial charge in [0.05, 0.1) is 0 Å². The number of fused-ring (bicyclic) bond motifs is 1. The molecule has 0 unspecified atom stereocenters. The molecule has 2 N–H and O–H groups in total. The molecule has 0 bridgehead atoms. The maximum Gasteiger partial charge on any atom is 0.410 e. The van der Waals surface area contributed by atoms with E-state index in [1.165, 1.54) is 0 Å². The van der Waals surface area contributed by atoms with E-state index in [9.17, 15) is 4.79 Å². The minimum atomic E-state index is -0.457. The third-order valence-electron chi connectivity index (χ3n) is 4.87. The van der Waals surface area contributed by atoms with Crippen LogP contribution in [0.15, 0.2) is 23.2 Å². The van der Waals surface area contributed by atoms with Crippen molar-refractivity contribution < 1.29 is 19.0 Å². The molecule has 30 heavy (non-hydrogen) atoms. The first-order valence-electron chi connectivity index (χ1n) is 10.4. The van der Waals surface area contributed by atoms with Crippen LogP contribution in [0.5, 0.6) is 11.5 Å². The van der Waals surface area contributed by atoms with E-state index < -0.39 is 5.60 Å². The zero-order chi connectivity index (χ0) is 21.6. The number of guanidine groups is 1. The highest BCUT2D eigenvalue weighted by molar-refractivity contribution is 5.79. The smallest absolute Gasteiger partial charge is 0.410 e. The van der Waals surface area contributed by atoms with Crippen LogP contribution in [-0.2, 0) is 11.3 Å². The molecule has 0 aliphatic carbocycles. The fourth-order valence-electron chi connectivity index (χ4n) is 3.27. The van der Waals surface area contributed by atoms with Crippen molar-refractivity contribution in [1.29, 1.82) is 0 Å². The van der Waals surface area contributed by atoms with E-state index in [0.29, 0.717) is 19.6 Å². The second-order valence-electron chi connectivity index (χ2n) is 8.35. The van der Waals surface area contributed by atoms with Crippen LogP contribution >= 0.6 is 0 Å². The molecule has 1 fully saturated rings. The lowest BCUT2D eigenvalue weighted by molar-refractivity contribution is 0.0147. The number of hydrogen-bond acceptors (Lipinski definition) is 6. The Morgan fingerprint density at radius 3 is 2.57 bits per heavy atom. The molecule has 0 saturated carbocycles. The molecule has 1 amide bonds. The van der Waals surface area contributed by atoms with Crippen molar-refractivity contribution in [2.24, 2.45) is 4.99 Å². The van der Waals surface area contributed by atoms with Gasteiger partial charge in [-0.1, -0.05) is 6.07 Å². The van der Waals surface area contributed by atoms with Crippen LogP contribution in [-0.4, -0.2) is 80.6 Å². The summed E-state index contributed by atoms with van der Waals surface area (Å²) < 4.78 is 16.2. The number of nitrogens with one attached hydrogen (secondary N) is 2. The molecule has 1 saturated heterocycles. The molecule has 166 valence electrons. The van der Waals surface area contributed by atoms with Crippen molar-refractivity contribution in [3.8, 4) is 11.5 Å². The summed E-state index contributed by atoms with van der Waals surface area (Å²) in [6, 6.07) is 5.91. The van der Waals surface area contributed by atoms with Crippen LogP contribution in [0.25, 0.3) is 0 Å². The summed E-state index contributed by atoms with van der Waals surface area (Å²) in [4.78, 5) is 20.5. The van der Waals surface area contributed by atoms with Gasteiger partial charge in [0, 0.05) is 52.9 Å². The highest BCUT2D eigenvalue weighted by Gasteiger charge is 2.25. The van der Waals surface area contributed by atoms with Crippen molar-refractivity contribution in [2.75, 3.05) is 53.1 Å². The lowest BCUT2D eigenvalue weighted by atomic mass is 10.2. The molecule has 2 heterocycles. The Bertz CT molecular complexity index is 754. The number of carbonyl (C=O) groups is 1. The second-order valence-corrected chi connectivity index (χ2v) is 8.35. The highest BCUT2D eigenvalue weighted by Crippen LogP contribution is 2.32. The zero-order valence-corrected chi connectivity index (χ0v) is 18.4. The summed E-state index contributed by atoms with van der Waals surface area (Å²) >= 11 is 0. The summed E-state index contributed by atoms with van der Waals surface area (Å²) in [5.41, 5.74) is 0.641. The summed E-state index contributed by atoms with van der Waals surface area (Å²) in [5.74, 6) is 2.32. The Labute approximate surface area is 178 Å². The summed E-state index contributed by atoms with van der Waals surface area (Å²) in [7, 11) is 1.76. The standard InChI is InChI=1S/C21H33N5O4/c1-21(2,3)30-20(27)26-11-9-25(10-12-26)8-7-23-19(22-4)24-14-16-5-6-17-18(13-16)29-15-28-17/h5-6,13H,7-12,14-15H2,1-4H3,(H2,22,23,24). The fraction of sp³-hybridized carbons (Fsp3) is 0.619. The van der Waals surface area contributed by atoms with Gasteiger partial charge >= 0.3 is 6.09 Å². The molecule has 1 aromatic carbocycles. The minimum Gasteiger partial charge on any atom is -0.454 e. The van der Waals surface area contributed by atoms with Crippen molar-refractivity contribution in [3.63, 3.8) is 0 Å². The Morgan fingerprint density at radius 1 is 1.13 bits per heavy atom. The van der Waals surface area contributed by atoms with Crippen molar-refractivity contribution >= 4 is 12.1 Å². The summed E-state index contributed by atoms with van der Waals surface area (Å²) in [6.07, 6.45) is -0.228. The van der Waals surface area contributed by atoms with E-state index in [-0.39, 0.29) is 12.9 Å². The van der Waals surface area contributed by atoms with Gasteiger partial charge in [-0.25, -0.2) is 4.79 Å². The molecule has 9 heteroatoms. The molecular formula is C21H33N5O4. The van der Waals surface area contributed by atoms with Crippen LogP contribution in [0, 0.1) is 0 Å². The average Bonchev–Trinajstić information content (AvgIpc) is 3.17. The van der Waals surface area contributed by atoms with E-state index in [4.69, 9.17) is 14.2 Å². The van der Waals surface area contributed by atoms with Gasteiger partial charge in [0.15, 0.2) is 17.5 Å². The van der Waals surface area contributed by atoms with Crippen LogP contribution < -0.4 is 20.1 Å². The number of aliphatic imine (C=N–C) groups is 1. The molecule has 0 aromatic heterocycles. The van der Waals surface area contributed by atoms with E-state index >= 15 is 0 Å². The van der Waals surface area contributed by atoms with Crippen molar-refractivity contribution in [1.82, 2.24) is 20.4 Å². The second kappa shape index (κ2) is 9.88. The summed E-state index contributed by atoms with van der Waals surface area (Å²) in [5, 5.41) is 6.65. The molecule has 0 atom stereocenters. The first-order valence-corrected chi connectivity index (χ1v) is 10.4. The quantitative estimate of drug-likeness (QED) is 0.554. The van der Waals surface area contributed by atoms with Gasteiger partial charge in [-0.2, -0.15) is 0 Å². The van der Waals surface area contributed by atoms with Gasteiger partial charge in [-0.3, -0.25) is 9.89 Å². The predicted octanol–water partition coefficient (Wildman–Crippen LogP) is 1.63. The summed E-state index contributed by atoms with van der Waals surface area (Å²) in [6.45, 7) is 11.3. The Balaban J connectivity index is 1.34. The predicted molar refractivity (Wildman–Crippen MR) is 115 cm³/mol. The average molecular weight is 420 g/mol. The maximum atomic E-state index is 12.1. The topological polar surface area (TPSA) is 87.7 Å². The van der Waals surface area contributed by atoms with E-state index in [1.54, 1.807) is 11.9 Å². The third kappa shape index (κ3) is 6.41. The molecular weight excluding hydrogens is 386 g/mol. The molecule has 2 aliphatic heterocycles. The van der Waals surface area contributed by atoms with Crippen molar-refractivity contribution in [2.45, 2.75) is 32.9 Å². The van der Waals surface area contributed by atoms with Crippen LogP contribution in [0.3, 0.4) is 0 Å². The fourth-order valence-corrected chi connectivity index (χ4v) is 3.27. The minimum absolute atomic E-state index is 0.228. The number of hydrogen-bond donors (Lipinski definition) is 2. The molecule has 1 aromatic rings. The zero-order valence-electron chi connectivity index (χ0n) is 18.4. The van der Waals surface area contributed by atoms with E-state index in [0.717, 1.165) is 49.2 Å². The van der Waals surface area contributed by atoms with Gasteiger partial charge < -0.3 is 29.7 Å². The number of piperazine rings is 1. The third-order valence-corrected chi connectivity index (χ3v) is 4.87. The van der Waals surface area contributed by atoms with E-state index in [1.807, 2.05) is 39.0 Å². The van der Waals surface area contributed by atoms with Gasteiger partial charge in [-0.15, -0.1) is 0 Å². The first kappa shape index (κ1) is 22.0. The number of amides is 1. The lowest BCUT2D eigenvalue weighted by Gasteiger charge is -2.35. The van der Waals surface area contributed by atoms with Crippen LogP contribution in [0.1, 0.15) is 26.3 Å². The Kier molecular flexibility index (Phi) is 7.25. The normalized spacial score (nSPS) is 17.1.